The summed E-state index contributed by atoms with van der Waals surface area (Å²) in [7, 11) is -2.22. The Bertz CT molecular complexity index is 1490. The van der Waals surface area contributed by atoms with E-state index in [2.05, 4.69) is 10.4 Å². The van der Waals surface area contributed by atoms with Gasteiger partial charge in [0.1, 0.15) is 13.2 Å². The number of carbonyl (C=O) groups is 1. The number of ether oxygens (including phenoxy) is 2. The molecule has 1 amide bonds. The first-order chi connectivity index (χ1) is 17.1. The normalized spacial score (nSPS) is 11.6. The van der Waals surface area contributed by atoms with Crippen molar-refractivity contribution in [1.82, 2.24) is 19.1 Å². The molecule has 11 heteroatoms. The van der Waals surface area contributed by atoms with Crippen molar-refractivity contribution in [2.75, 3.05) is 19.8 Å². The molecule has 36 heavy (non-hydrogen) atoms. The Labute approximate surface area is 208 Å². The van der Waals surface area contributed by atoms with Gasteiger partial charge in [-0.3, -0.25) is 9.48 Å². The van der Waals surface area contributed by atoms with Crippen LogP contribution in [-0.2, 0) is 28.3 Å². The van der Waals surface area contributed by atoms with Crippen LogP contribution in [0.1, 0.15) is 18.1 Å². The number of amides is 1. The Kier molecular flexibility index (Phi) is 7.30. The quantitative estimate of drug-likeness (QED) is 0.326. The molecule has 9 nitrogen and oxygen atoms in total. The lowest BCUT2D eigenvalue weighted by Crippen LogP contribution is -2.22. The lowest BCUT2D eigenvalue weighted by Gasteiger charge is -2.10. The van der Waals surface area contributed by atoms with Crippen LogP contribution in [0.15, 0.2) is 59.8 Å². The number of nitrogens with zero attached hydrogens (tertiary/aromatic N) is 3. The zero-order valence-corrected chi connectivity index (χ0v) is 21.0. The molecule has 190 valence electrons. The van der Waals surface area contributed by atoms with Crippen molar-refractivity contribution in [3.63, 3.8) is 0 Å². The van der Waals surface area contributed by atoms with Crippen LogP contribution in [-0.4, -0.2) is 47.8 Å². The first-order valence-electron chi connectivity index (χ1n) is 11.3. The number of aryl methyl sites for hydroxylation is 2. The van der Waals surface area contributed by atoms with E-state index in [1.807, 2.05) is 6.92 Å². The molecule has 1 N–H and O–H groups in total. The van der Waals surface area contributed by atoms with Crippen molar-refractivity contribution in [2.45, 2.75) is 25.2 Å². The van der Waals surface area contributed by atoms with E-state index in [-0.39, 0.29) is 35.3 Å². The molecule has 0 atom stereocenters. The van der Waals surface area contributed by atoms with Crippen molar-refractivity contribution in [1.29, 1.82) is 0 Å². The zero-order chi connectivity index (χ0) is 25.9. The van der Waals surface area contributed by atoms with Gasteiger partial charge in [-0.1, -0.05) is 17.7 Å². The molecule has 0 fully saturated rings. The average molecular weight is 515 g/mol. The van der Waals surface area contributed by atoms with Crippen molar-refractivity contribution in [3.8, 4) is 11.6 Å². The second kappa shape index (κ2) is 10.4. The molecule has 4 aromatic rings. The number of fused-ring (bicyclic) bond motifs is 1. The SMILES string of the molecule is CC(=O)NCCc1cn(S(=O)(=O)c2ccc(C)cc2)c2cc(F)c(OCCOc3ccn(C)n3)cc12. The van der Waals surface area contributed by atoms with Gasteiger partial charge in [0, 0.05) is 50.4 Å². The summed E-state index contributed by atoms with van der Waals surface area (Å²) in [6.45, 7) is 3.76. The summed E-state index contributed by atoms with van der Waals surface area (Å²) in [5, 5.41) is 7.31. The van der Waals surface area contributed by atoms with Crippen LogP contribution in [0.3, 0.4) is 0 Å². The molecular weight excluding hydrogens is 487 g/mol. The first-order valence-corrected chi connectivity index (χ1v) is 12.7. The zero-order valence-electron chi connectivity index (χ0n) is 20.2. The van der Waals surface area contributed by atoms with Crippen LogP contribution < -0.4 is 14.8 Å². The highest BCUT2D eigenvalue weighted by Crippen LogP contribution is 2.32. The Hall–Kier alpha value is -3.86. The summed E-state index contributed by atoms with van der Waals surface area (Å²) in [6.07, 6.45) is 3.55. The fourth-order valence-corrected chi connectivity index (χ4v) is 5.12. The highest BCUT2D eigenvalue weighted by molar-refractivity contribution is 7.90. The summed E-state index contributed by atoms with van der Waals surface area (Å²) in [6, 6.07) is 10.8. The van der Waals surface area contributed by atoms with Crippen LogP contribution in [0.5, 0.6) is 11.6 Å². The highest BCUT2D eigenvalue weighted by atomic mass is 32.2. The van der Waals surface area contributed by atoms with E-state index in [1.165, 1.54) is 31.3 Å². The van der Waals surface area contributed by atoms with Crippen LogP contribution >= 0.6 is 0 Å². The first kappa shape index (κ1) is 25.2. The highest BCUT2D eigenvalue weighted by Gasteiger charge is 2.23. The summed E-state index contributed by atoms with van der Waals surface area (Å²) in [4.78, 5) is 11.4. The summed E-state index contributed by atoms with van der Waals surface area (Å²) in [5.74, 6) is -0.504. The molecular formula is C25H27FN4O5S. The van der Waals surface area contributed by atoms with E-state index in [0.717, 1.165) is 15.6 Å². The van der Waals surface area contributed by atoms with Crippen molar-refractivity contribution in [3.05, 3.63) is 71.8 Å². The van der Waals surface area contributed by atoms with Gasteiger partial charge < -0.3 is 14.8 Å². The molecule has 2 aromatic carbocycles. The average Bonchev–Trinajstić information content (AvgIpc) is 3.40. The number of nitrogens with one attached hydrogen (secondary N) is 1. The largest absolute Gasteiger partial charge is 0.487 e. The van der Waals surface area contributed by atoms with E-state index in [0.29, 0.717) is 29.8 Å². The molecule has 0 spiro atoms. The van der Waals surface area contributed by atoms with Crippen LogP contribution in [0.4, 0.5) is 4.39 Å². The van der Waals surface area contributed by atoms with E-state index in [9.17, 15) is 13.2 Å². The molecule has 0 aliphatic carbocycles. The van der Waals surface area contributed by atoms with Crippen LogP contribution in [0.25, 0.3) is 10.9 Å². The Morgan fingerprint density at radius 1 is 1.11 bits per heavy atom. The van der Waals surface area contributed by atoms with Gasteiger partial charge in [-0.15, -0.1) is 5.10 Å². The molecule has 0 saturated heterocycles. The van der Waals surface area contributed by atoms with E-state index >= 15 is 4.39 Å². The molecule has 0 aliphatic rings. The van der Waals surface area contributed by atoms with Crippen molar-refractivity contribution >= 4 is 26.8 Å². The third kappa shape index (κ3) is 5.51. The van der Waals surface area contributed by atoms with Gasteiger partial charge in [-0.25, -0.2) is 16.8 Å². The number of aromatic nitrogens is 3. The molecule has 0 saturated carbocycles. The second-order valence-electron chi connectivity index (χ2n) is 8.33. The lowest BCUT2D eigenvalue weighted by molar-refractivity contribution is -0.118. The molecule has 0 unspecified atom stereocenters. The van der Waals surface area contributed by atoms with Crippen LogP contribution in [0.2, 0.25) is 0 Å². The number of benzene rings is 2. The van der Waals surface area contributed by atoms with Crippen molar-refractivity contribution in [2.24, 2.45) is 7.05 Å². The molecule has 0 aliphatic heterocycles. The molecule has 2 aromatic heterocycles. The number of hydrogen-bond acceptors (Lipinski definition) is 6. The predicted molar refractivity (Wildman–Crippen MR) is 132 cm³/mol. The maximum absolute atomic E-state index is 15.0. The topological polar surface area (TPSA) is 104 Å². The van der Waals surface area contributed by atoms with Crippen LogP contribution in [0, 0.1) is 12.7 Å². The summed E-state index contributed by atoms with van der Waals surface area (Å²) < 4.78 is 55.6. The fourth-order valence-electron chi connectivity index (χ4n) is 3.74. The minimum Gasteiger partial charge on any atom is -0.487 e. The Balaban J connectivity index is 1.65. The maximum atomic E-state index is 15.0. The molecule has 0 bridgehead atoms. The Morgan fingerprint density at radius 3 is 2.50 bits per heavy atom. The fraction of sp³-hybridized carbons (Fsp3) is 0.280. The summed E-state index contributed by atoms with van der Waals surface area (Å²) >= 11 is 0. The number of carbonyl (C=O) groups excluding carboxylic acids is 1. The standard InChI is InChI=1S/C25H27FN4O5S/c1-17-4-6-20(7-5-17)36(32,33)30-16-19(8-10-27-18(2)31)21-14-24(22(26)15-23(21)30)34-12-13-35-25-9-11-29(3)28-25/h4-7,9,11,14-16H,8,10,12-13H2,1-3H3,(H,27,31). The predicted octanol–water partition coefficient (Wildman–Crippen LogP) is 3.20. The van der Waals surface area contributed by atoms with Gasteiger partial charge in [0.15, 0.2) is 11.6 Å². The summed E-state index contributed by atoms with van der Waals surface area (Å²) in [5.41, 5.74) is 1.73. The third-order valence-corrected chi connectivity index (χ3v) is 7.22. The number of halogens is 1. The second-order valence-corrected chi connectivity index (χ2v) is 10.1. The van der Waals surface area contributed by atoms with Gasteiger partial charge in [-0.2, -0.15) is 0 Å². The van der Waals surface area contributed by atoms with Gasteiger partial charge in [0.2, 0.25) is 11.8 Å². The van der Waals surface area contributed by atoms with E-state index < -0.39 is 15.8 Å². The molecule has 4 rings (SSSR count). The van der Waals surface area contributed by atoms with Crippen molar-refractivity contribution < 1.29 is 27.1 Å². The molecule has 2 heterocycles. The van der Waals surface area contributed by atoms with Gasteiger partial charge in [0.05, 0.1) is 10.4 Å². The van der Waals surface area contributed by atoms with Gasteiger partial charge in [0.25, 0.3) is 10.0 Å². The Morgan fingerprint density at radius 2 is 1.83 bits per heavy atom. The molecule has 0 radical (unpaired) electrons. The third-order valence-electron chi connectivity index (χ3n) is 5.53. The smallest absolute Gasteiger partial charge is 0.268 e. The van der Waals surface area contributed by atoms with E-state index in [1.54, 1.807) is 36.1 Å². The van der Waals surface area contributed by atoms with Gasteiger partial charge in [-0.05, 0) is 37.1 Å². The minimum atomic E-state index is -3.99. The number of hydrogen-bond donors (Lipinski definition) is 1. The lowest BCUT2D eigenvalue weighted by atomic mass is 10.1. The van der Waals surface area contributed by atoms with Gasteiger partial charge >= 0.3 is 0 Å². The number of rotatable bonds is 10. The maximum Gasteiger partial charge on any atom is 0.268 e. The monoisotopic (exact) mass is 514 g/mol. The van der Waals surface area contributed by atoms with E-state index in [4.69, 9.17) is 9.47 Å². The minimum absolute atomic E-state index is 0.0293.